The monoisotopic (exact) mass is 426 g/mol. The molecule has 0 aromatic heterocycles. The smallest absolute Gasteiger partial charge is 0.259 e. The Kier molecular flexibility index (Phi) is 6.29. The average Bonchev–Trinajstić information content (AvgIpc) is 2.84. The van der Waals surface area contributed by atoms with E-state index >= 15 is 0 Å². The fourth-order valence-corrected chi connectivity index (χ4v) is 4.67. The van der Waals surface area contributed by atoms with Crippen molar-refractivity contribution >= 4 is 5.71 Å². The van der Waals surface area contributed by atoms with Crippen molar-refractivity contribution in [2.24, 2.45) is 0 Å². The molecule has 1 saturated heterocycles. The molecule has 0 bridgehead atoms. The van der Waals surface area contributed by atoms with Gasteiger partial charge in [-0.2, -0.15) is 0 Å². The zero-order chi connectivity index (χ0) is 21.9. The van der Waals surface area contributed by atoms with Crippen LogP contribution in [-0.2, 0) is 19.0 Å². The van der Waals surface area contributed by atoms with E-state index in [0.29, 0.717) is 43.3 Å². The first-order valence-corrected chi connectivity index (χ1v) is 10.6. The van der Waals surface area contributed by atoms with Crippen molar-refractivity contribution in [2.75, 3.05) is 40.5 Å². The maximum atomic E-state index is 13.6. The standard InChI is InChI=1S/C24H30N2O5/c1-23(28-2,29-3)24(25-14-16-30-17-15-25)18-21(19-10-6-4-7-11-19)22(26(27)31-24)20-12-8-5-9-13-20/h4-13,21H,14-18H2,1-3H3/t21-,24+/m1/s1. The number of nitrogens with zero attached hydrogens (tertiary/aromatic N) is 2. The minimum Gasteiger partial charge on any atom is -0.379 e. The SMILES string of the molecule is COC(C)(OC)[C@]1(N2CCOCC2)C[C@H](c2ccccc2)C(c2ccccc2)=[N+]([O-])O1. The van der Waals surface area contributed by atoms with Crippen LogP contribution in [0.25, 0.3) is 0 Å². The Labute approximate surface area is 183 Å². The summed E-state index contributed by atoms with van der Waals surface area (Å²) < 4.78 is 17.3. The van der Waals surface area contributed by atoms with E-state index < -0.39 is 11.5 Å². The molecule has 4 rings (SSSR count). The van der Waals surface area contributed by atoms with Gasteiger partial charge in [-0.15, -0.1) is 0 Å². The maximum Gasteiger partial charge on any atom is 0.259 e. The average molecular weight is 427 g/mol. The Hall–Kier alpha value is -2.45. The van der Waals surface area contributed by atoms with Gasteiger partial charge in [0.25, 0.3) is 5.71 Å². The van der Waals surface area contributed by atoms with E-state index in [2.05, 4.69) is 4.90 Å². The van der Waals surface area contributed by atoms with Gasteiger partial charge in [0.1, 0.15) is 0 Å². The molecule has 1 fully saturated rings. The van der Waals surface area contributed by atoms with Crippen LogP contribution < -0.4 is 0 Å². The number of hydrogen-bond donors (Lipinski definition) is 0. The zero-order valence-electron chi connectivity index (χ0n) is 18.3. The predicted octanol–water partition coefficient (Wildman–Crippen LogP) is 3.14. The van der Waals surface area contributed by atoms with Crippen LogP contribution in [0.2, 0.25) is 0 Å². The lowest BCUT2D eigenvalue weighted by Gasteiger charge is -2.56. The van der Waals surface area contributed by atoms with Crippen LogP contribution in [-0.4, -0.2) is 67.5 Å². The minimum absolute atomic E-state index is 0.220. The van der Waals surface area contributed by atoms with E-state index in [0.717, 1.165) is 11.1 Å². The summed E-state index contributed by atoms with van der Waals surface area (Å²) in [5.41, 5.74) is 1.31. The van der Waals surface area contributed by atoms with E-state index in [1.165, 1.54) is 0 Å². The molecule has 2 aliphatic rings. The Morgan fingerprint density at radius 1 is 1.00 bits per heavy atom. The number of rotatable bonds is 6. The van der Waals surface area contributed by atoms with Crippen LogP contribution >= 0.6 is 0 Å². The van der Waals surface area contributed by atoms with E-state index in [-0.39, 0.29) is 5.92 Å². The van der Waals surface area contributed by atoms with Crippen LogP contribution in [0.4, 0.5) is 0 Å². The maximum absolute atomic E-state index is 13.6. The van der Waals surface area contributed by atoms with Crippen LogP contribution in [0.1, 0.15) is 30.4 Å². The third-order valence-corrected chi connectivity index (χ3v) is 6.52. The van der Waals surface area contributed by atoms with Gasteiger partial charge in [-0.05, 0) is 24.6 Å². The van der Waals surface area contributed by atoms with Crippen molar-refractivity contribution in [3.05, 3.63) is 77.0 Å². The lowest BCUT2D eigenvalue weighted by atomic mass is 9.79. The fraction of sp³-hybridized carbons (Fsp3) is 0.458. The Bertz CT molecular complexity index is 895. The first-order valence-electron chi connectivity index (χ1n) is 10.6. The molecule has 0 N–H and O–H groups in total. The summed E-state index contributed by atoms with van der Waals surface area (Å²) >= 11 is 0. The molecule has 0 saturated carbocycles. The van der Waals surface area contributed by atoms with Crippen molar-refractivity contribution in [3.63, 3.8) is 0 Å². The number of methoxy groups -OCH3 is 2. The minimum atomic E-state index is -1.18. The second-order valence-electron chi connectivity index (χ2n) is 8.00. The first kappa shape index (κ1) is 21.8. The fourth-order valence-electron chi connectivity index (χ4n) is 4.67. The molecule has 2 aromatic rings. The highest BCUT2D eigenvalue weighted by Crippen LogP contribution is 2.45. The Balaban J connectivity index is 1.90. The van der Waals surface area contributed by atoms with Crippen molar-refractivity contribution in [1.29, 1.82) is 0 Å². The second kappa shape index (κ2) is 8.96. The zero-order valence-corrected chi connectivity index (χ0v) is 18.3. The summed E-state index contributed by atoms with van der Waals surface area (Å²) in [4.78, 5) is 9.03. The van der Waals surface area contributed by atoms with Gasteiger partial charge in [-0.3, -0.25) is 10.1 Å². The van der Waals surface area contributed by atoms with Crippen molar-refractivity contribution in [1.82, 2.24) is 4.90 Å². The lowest BCUT2D eigenvalue weighted by Crippen LogP contribution is -2.71. The van der Waals surface area contributed by atoms with E-state index in [1.54, 1.807) is 14.2 Å². The lowest BCUT2D eigenvalue weighted by molar-refractivity contribution is -0.791. The van der Waals surface area contributed by atoms with Gasteiger partial charge in [-0.25, -0.2) is 0 Å². The highest BCUT2D eigenvalue weighted by Gasteiger charge is 2.59. The van der Waals surface area contributed by atoms with Gasteiger partial charge in [-0.1, -0.05) is 48.5 Å². The molecule has 0 unspecified atom stereocenters. The number of hydrogen-bond acceptors (Lipinski definition) is 6. The molecule has 7 heteroatoms. The molecule has 0 amide bonds. The summed E-state index contributed by atoms with van der Waals surface area (Å²) in [5, 5.41) is 13.6. The molecule has 2 heterocycles. The molecule has 0 spiro atoms. The molecular formula is C24H30N2O5. The normalized spacial score (nSPS) is 25.3. The summed E-state index contributed by atoms with van der Waals surface area (Å²) in [5.74, 6) is -1.40. The number of ether oxygens (including phenoxy) is 3. The van der Waals surface area contributed by atoms with Gasteiger partial charge >= 0.3 is 0 Å². The van der Waals surface area contributed by atoms with Crippen LogP contribution in [0, 0.1) is 5.21 Å². The topological polar surface area (TPSA) is 66.2 Å². The van der Waals surface area contributed by atoms with E-state index in [4.69, 9.17) is 19.0 Å². The third-order valence-electron chi connectivity index (χ3n) is 6.52. The molecule has 31 heavy (non-hydrogen) atoms. The molecule has 2 atom stereocenters. The van der Waals surface area contributed by atoms with Crippen molar-refractivity contribution in [3.8, 4) is 0 Å². The largest absolute Gasteiger partial charge is 0.379 e. The molecule has 2 aromatic carbocycles. The molecular weight excluding hydrogens is 396 g/mol. The van der Waals surface area contributed by atoms with Crippen molar-refractivity contribution in [2.45, 2.75) is 30.8 Å². The van der Waals surface area contributed by atoms with Crippen molar-refractivity contribution < 1.29 is 24.0 Å². The van der Waals surface area contributed by atoms with Gasteiger partial charge < -0.3 is 19.0 Å². The predicted molar refractivity (Wildman–Crippen MR) is 117 cm³/mol. The van der Waals surface area contributed by atoms with Gasteiger partial charge in [0.15, 0.2) is 11.5 Å². The van der Waals surface area contributed by atoms with Gasteiger partial charge in [0.2, 0.25) is 0 Å². The third kappa shape index (κ3) is 3.83. The molecule has 0 radical (unpaired) electrons. The van der Waals surface area contributed by atoms with Gasteiger partial charge in [0.05, 0.1) is 19.1 Å². The van der Waals surface area contributed by atoms with E-state index in [1.807, 2.05) is 67.6 Å². The number of morpholine rings is 1. The summed E-state index contributed by atoms with van der Waals surface area (Å²) in [6, 6.07) is 19.7. The summed E-state index contributed by atoms with van der Waals surface area (Å²) in [7, 11) is 3.16. The Morgan fingerprint density at radius 3 is 2.16 bits per heavy atom. The van der Waals surface area contributed by atoms with Gasteiger partial charge in [0, 0.05) is 44.2 Å². The van der Waals surface area contributed by atoms with Crippen LogP contribution in [0.15, 0.2) is 60.7 Å². The molecule has 2 aliphatic heterocycles. The number of benzene rings is 2. The summed E-state index contributed by atoms with van der Waals surface area (Å²) in [6.07, 6.45) is 0.484. The first-order chi connectivity index (χ1) is 15.0. The molecule has 166 valence electrons. The summed E-state index contributed by atoms with van der Waals surface area (Å²) in [6.45, 7) is 4.15. The van der Waals surface area contributed by atoms with Crippen LogP contribution in [0.5, 0.6) is 0 Å². The Morgan fingerprint density at radius 2 is 1.58 bits per heavy atom. The second-order valence-corrected chi connectivity index (χ2v) is 8.00. The quantitative estimate of drug-likeness (QED) is 0.522. The van der Waals surface area contributed by atoms with E-state index in [9.17, 15) is 5.21 Å². The highest BCUT2D eigenvalue weighted by atomic mass is 16.9. The molecule has 0 aliphatic carbocycles. The molecule has 7 nitrogen and oxygen atoms in total. The highest BCUT2D eigenvalue weighted by molar-refractivity contribution is 6.01. The van der Waals surface area contributed by atoms with Crippen LogP contribution in [0.3, 0.4) is 0 Å².